The molecule has 1 aromatic carbocycles. The first-order valence-electron chi connectivity index (χ1n) is 8.63. The number of benzene rings is 1. The first kappa shape index (κ1) is 20.3. The van der Waals surface area contributed by atoms with Crippen molar-refractivity contribution in [2.45, 2.75) is 25.8 Å². The molecular weight excluding hydrogens is 402 g/mol. The number of amides is 1. The third-order valence-electron chi connectivity index (χ3n) is 4.71. The van der Waals surface area contributed by atoms with Gasteiger partial charge in [-0.1, -0.05) is 0 Å². The zero-order valence-electron chi connectivity index (χ0n) is 15.7. The summed E-state index contributed by atoms with van der Waals surface area (Å²) in [6.45, 7) is 2.43. The van der Waals surface area contributed by atoms with Crippen LogP contribution in [0.2, 0.25) is 0 Å². The number of nitrogens with zero attached hydrogens (tertiary/aromatic N) is 3. The molecule has 0 unspecified atom stereocenters. The highest BCUT2D eigenvalue weighted by molar-refractivity contribution is 7.92. The van der Waals surface area contributed by atoms with E-state index in [1.54, 1.807) is 4.90 Å². The lowest BCUT2D eigenvalue weighted by atomic mass is 10.1. The van der Waals surface area contributed by atoms with Crippen LogP contribution in [0.15, 0.2) is 23.6 Å². The van der Waals surface area contributed by atoms with Crippen LogP contribution in [0, 0.1) is 6.92 Å². The van der Waals surface area contributed by atoms with Crippen molar-refractivity contribution < 1.29 is 23.1 Å². The lowest BCUT2D eigenvalue weighted by Crippen LogP contribution is -2.31. The minimum absolute atomic E-state index is 0.131. The molecule has 1 aliphatic heterocycles. The molecule has 1 atom stereocenters. The van der Waals surface area contributed by atoms with Gasteiger partial charge in [-0.25, -0.2) is 18.2 Å². The summed E-state index contributed by atoms with van der Waals surface area (Å²) >= 11 is 1.50. The topological polar surface area (TPSA) is 108 Å². The van der Waals surface area contributed by atoms with Gasteiger partial charge in [-0.3, -0.25) is 9.10 Å². The summed E-state index contributed by atoms with van der Waals surface area (Å²) in [5.74, 6) is -1.56. The average Bonchev–Trinajstić information content (AvgIpc) is 3.27. The van der Waals surface area contributed by atoms with Gasteiger partial charge in [0.15, 0.2) is 0 Å². The molecule has 1 fully saturated rings. The first-order valence-corrected chi connectivity index (χ1v) is 11.4. The number of carbonyl (C=O) groups is 2. The minimum atomic E-state index is -3.60. The normalized spacial score (nSPS) is 17.0. The molecule has 10 heteroatoms. The van der Waals surface area contributed by atoms with E-state index in [9.17, 15) is 23.1 Å². The molecule has 0 bridgehead atoms. The number of anilines is 1. The van der Waals surface area contributed by atoms with Crippen LogP contribution in [0.25, 0.3) is 0 Å². The Labute approximate surface area is 167 Å². The number of aromatic nitrogens is 1. The van der Waals surface area contributed by atoms with Crippen LogP contribution >= 0.6 is 11.3 Å². The summed E-state index contributed by atoms with van der Waals surface area (Å²) in [7, 11) is -2.28. The van der Waals surface area contributed by atoms with E-state index in [4.69, 9.17) is 0 Å². The lowest BCUT2D eigenvalue weighted by molar-refractivity contribution is 0.0697. The zero-order chi connectivity index (χ0) is 20.6. The molecule has 0 saturated carbocycles. The Bertz CT molecular complexity index is 1030. The quantitative estimate of drug-likeness (QED) is 0.792. The third-order valence-corrected chi connectivity index (χ3v) is 6.98. The molecule has 28 heavy (non-hydrogen) atoms. The Hall–Kier alpha value is -2.46. The Balaban J connectivity index is 2.00. The van der Waals surface area contributed by atoms with Crippen LogP contribution in [-0.2, 0) is 10.0 Å². The van der Waals surface area contributed by atoms with Gasteiger partial charge in [0.2, 0.25) is 10.0 Å². The number of aryl methyl sites for hydroxylation is 1. The molecule has 2 heterocycles. The fraction of sp³-hybridized carbons (Fsp3) is 0.389. The Morgan fingerprint density at radius 1 is 1.29 bits per heavy atom. The van der Waals surface area contributed by atoms with Gasteiger partial charge in [-0.2, -0.15) is 0 Å². The number of sulfonamides is 1. The molecular formula is C18H21N3O5S2. The second-order valence-electron chi connectivity index (χ2n) is 6.79. The van der Waals surface area contributed by atoms with Crippen LogP contribution in [0.1, 0.15) is 50.3 Å². The second-order valence-corrected chi connectivity index (χ2v) is 9.69. The molecule has 1 aromatic heterocycles. The Kier molecular flexibility index (Phi) is 5.44. The van der Waals surface area contributed by atoms with Gasteiger partial charge >= 0.3 is 5.97 Å². The van der Waals surface area contributed by atoms with Crippen molar-refractivity contribution in [2.75, 3.05) is 24.2 Å². The number of carbonyl (C=O) groups excluding carboxylic acids is 1. The second kappa shape index (κ2) is 7.51. The van der Waals surface area contributed by atoms with E-state index >= 15 is 0 Å². The van der Waals surface area contributed by atoms with Crippen molar-refractivity contribution >= 4 is 38.9 Å². The van der Waals surface area contributed by atoms with Gasteiger partial charge in [-0.15, -0.1) is 11.3 Å². The highest BCUT2D eigenvalue weighted by Crippen LogP contribution is 2.35. The first-order chi connectivity index (χ1) is 13.1. The highest BCUT2D eigenvalue weighted by atomic mass is 32.2. The predicted octanol–water partition coefficient (Wildman–Crippen LogP) is 2.52. The third kappa shape index (κ3) is 4.02. The van der Waals surface area contributed by atoms with Crippen molar-refractivity contribution in [2.24, 2.45) is 0 Å². The summed E-state index contributed by atoms with van der Waals surface area (Å²) in [5, 5.41) is 12.2. The molecule has 1 aliphatic rings. The molecule has 3 rings (SSSR count). The van der Waals surface area contributed by atoms with Gasteiger partial charge in [-0.05, 0) is 38.0 Å². The van der Waals surface area contributed by atoms with Gasteiger partial charge in [0.25, 0.3) is 5.91 Å². The monoisotopic (exact) mass is 423 g/mol. The number of hydrogen-bond donors (Lipinski definition) is 1. The standard InChI is InChI=1S/C18H21N3O5S2/c1-11-10-27-16(19-11)15-5-4-6-21(15)17(22)12-7-13(18(23)24)9-14(8-12)20(2)28(3,25)26/h7-10,15H,4-6H2,1-3H3,(H,23,24)/t15-/m1/s1. The fourth-order valence-corrected chi connectivity index (χ4v) is 4.62. The van der Waals surface area contributed by atoms with E-state index in [0.717, 1.165) is 34.1 Å². The summed E-state index contributed by atoms with van der Waals surface area (Å²) in [6, 6.07) is 3.78. The van der Waals surface area contributed by atoms with E-state index in [1.807, 2.05) is 12.3 Å². The van der Waals surface area contributed by atoms with Crippen LogP contribution < -0.4 is 4.31 Å². The molecule has 8 nitrogen and oxygen atoms in total. The molecule has 0 radical (unpaired) electrons. The van der Waals surface area contributed by atoms with Gasteiger partial charge in [0.05, 0.1) is 23.5 Å². The van der Waals surface area contributed by atoms with Crippen molar-refractivity contribution in [3.8, 4) is 0 Å². The van der Waals surface area contributed by atoms with E-state index in [2.05, 4.69) is 4.98 Å². The van der Waals surface area contributed by atoms with Gasteiger partial charge in [0.1, 0.15) is 5.01 Å². The number of carboxylic acids is 1. The molecule has 0 spiro atoms. The van der Waals surface area contributed by atoms with Crippen LogP contribution in [0.5, 0.6) is 0 Å². The van der Waals surface area contributed by atoms with Gasteiger partial charge < -0.3 is 10.0 Å². The zero-order valence-corrected chi connectivity index (χ0v) is 17.4. The molecule has 0 aliphatic carbocycles. The summed E-state index contributed by atoms with van der Waals surface area (Å²) in [5.41, 5.74) is 1.03. The molecule has 2 aromatic rings. The van der Waals surface area contributed by atoms with Crippen molar-refractivity contribution in [3.05, 3.63) is 45.4 Å². The minimum Gasteiger partial charge on any atom is -0.478 e. The van der Waals surface area contributed by atoms with Crippen molar-refractivity contribution in [3.63, 3.8) is 0 Å². The number of hydrogen-bond acceptors (Lipinski definition) is 6. The maximum Gasteiger partial charge on any atom is 0.335 e. The fourth-order valence-electron chi connectivity index (χ4n) is 3.19. The van der Waals surface area contributed by atoms with E-state index < -0.39 is 16.0 Å². The summed E-state index contributed by atoms with van der Waals surface area (Å²) in [4.78, 5) is 30.9. The number of aromatic carboxylic acids is 1. The molecule has 1 amide bonds. The predicted molar refractivity (Wildman–Crippen MR) is 107 cm³/mol. The van der Waals surface area contributed by atoms with E-state index in [1.165, 1.54) is 36.6 Å². The van der Waals surface area contributed by atoms with Gasteiger partial charge in [0, 0.05) is 30.2 Å². The van der Waals surface area contributed by atoms with Crippen molar-refractivity contribution in [1.82, 2.24) is 9.88 Å². The number of carboxylic acid groups (broad SMARTS) is 1. The largest absolute Gasteiger partial charge is 0.478 e. The summed E-state index contributed by atoms with van der Waals surface area (Å²) < 4.78 is 24.7. The maximum atomic E-state index is 13.2. The van der Waals surface area contributed by atoms with E-state index in [-0.39, 0.29) is 28.8 Å². The molecule has 1 saturated heterocycles. The maximum absolute atomic E-state index is 13.2. The summed E-state index contributed by atoms with van der Waals surface area (Å²) in [6.07, 6.45) is 2.63. The van der Waals surface area contributed by atoms with Crippen LogP contribution in [-0.4, -0.2) is 55.1 Å². The van der Waals surface area contributed by atoms with Crippen molar-refractivity contribution in [1.29, 1.82) is 0 Å². The number of thiazole rings is 1. The lowest BCUT2D eigenvalue weighted by Gasteiger charge is -2.24. The van der Waals surface area contributed by atoms with E-state index in [0.29, 0.717) is 6.54 Å². The number of rotatable bonds is 5. The Morgan fingerprint density at radius 3 is 2.54 bits per heavy atom. The van der Waals surface area contributed by atoms with Crippen LogP contribution in [0.3, 0.4) is 0 Å². The highest BCUT2D eigenvalue weighted by Gasteiger charge is 2.33. The van der Waals surface area contributed by atoms with Crippen LogP contribution in [0.4, 0.5) is 5.69 Å². The average molecular weight is 424 g/mol. The molecule has 1 N–H and O–H groups in total. The SMILES string of the molecule is Cc1csc([C@H]2CCCN2C(=O)c2cc(C(=O)O)cc(N(C)S(C)(=O)=O)c2)n1. The Morgan fingerprint density at radius 2 is 1.96 bits per heavy atom. The molecule has 150 valence electrons. The smallest absolute Gasteiger partial charge is 0.335 e. The number of likely N-dealkylation sites (tertiary alicyclic amines) is 1.